The van der Waals surface area contributed by atoms with Crippen LogP contribution in [-0.4, -0.2) is 37.0 Å². The van der Waals surface area contributed by atoms with E-state index in [2.05, 4.69) is 0 Å². The molecular weight excluding hydrogens is 264 g/mol. The zero-order chi connectivity index (χ0) is 15.5. The van der Waals surface area contributed by atoms with Gasteiger partial charge in [0, 0.05) is 24.5 Å². The van der Waals surface area contributed by atoms with Gasteiger partial charge in [-0.1, -0.05) is 32.0 Å². The average molecular weight is 290 g/mol. The van der Waals surface area contributed by atoms with Crippen LogP contribution in [0, 0.1) is 5.41 Å². The van der Waals surface area contributed by atoms with Crippen LogP contribution >= 0.6 is 0 Å². The molecule has 4 nitrogen and oxygen atoms in total. The predicted octanol–water partition coefficient (Wildman–Crippen LogP) is 2.21. The van der Waals surface area contributed by atoms with Crippen LogP contribution in [0.3, 0.4) is 0 Å². The maximum Gasteiger partial charge on any atom is 0.228 e. The summed E-state index contributed by atoms with van der Waals surface area (Å²) in [7, 11) is 1.66. The number of nitrogens with zero attached hydrogens (tertiary/aromatic N) is 1. The molecule has 2 N–H and O–H groups in total. The lowest BCUT2D eigenvalue weighted by Crippen LogP contribution is -2.50. The molecule has 1 saturated heterocycles. The third-order valence-corrected chi connectivity index (χ3v) is 4.15. The van der Waals surface area contributed by atoms with E-state index in [0.29, 0.717) is 13.0 Å². The Hall–Kier alpha value is -1.55. The van der Waals surface area contributed by atoms with Gasteiger partial charge in [0.15, 0.2) is 0 Å². The van der Waals surface area contributed by atoms with E-state index in [4.69, 9.17) is 10.5 Å². The summed E-state index contributed by atoms with van der Waals surface area (Å²) in [6.45, 7) is 5.50. The second-order valence-corrected chi connectivity index (χ2v) is 6.53. The molecule has 2 rings (SSSR count). The molecule has 116 valence electrons. The second kappa shape index (κ2) is 6.48. The highest BCUT2D eigenvalue weighted by Gasteiger charge is 2.34. The van der Waals surface area contributed by atoms with Crippen molar-refractivity contribution in [3.8, 4) is 5.75 Å². The standard InChI is InChI=1S/C17H26N2O2/c1-17(2,11-13-7-4-5-9-15(13)21-3)16(20)19-10-6-8-14(18)12-19/h4-5,7,9,14H,6,8,10-12,18H2,1-3H3. The lowest BCUT2D eigenvalue weighted by Gasteiger charge is -2.36. The van der Waals surface area contributed by atoms with Crippen molar-refractivity contribution in [1.82, 2.24) is 4.90 Å². The minimum absolute atomic E-state index is 0.116. The first-order chi connectivity index (χ1) is 9.94. The number of nitrogens with two attached hydrogens (primary N) is 1. The first kappa shape index (κ1) is 15.8. The third-order valence-electron chi connectivity index (χ3n) is 4.15. The van der Waals surface area contributed by atoms with Crippen LogP contribution in [0.2, 0.25) is 0 Å². The molecule has 1 aliphatic rings. The molecule has 0 radical (unpaired) electrons. The monoisotopic (exact) mass is 290 g/mol. The number of likely N-dealkylation sites (tertiary alicyclic amines) is 1. The van der Waals surface area contributed by atoms with E-state index >= 15 is 0 Å². The van der Waals surface area contributed by atoms with Gasteiger partial charge in [0.1, 0.15) is 5.75 Å². The van der Waals surface area contributed by atoms with Gasteiger partial charge >= 0.3 is 0 Å². The van der Waals surface area contributed by atoms with Gasteiger partial charge in [-0.25, -0.2) is 0 Å². The van der Waals surface area contributed by atoms with Crippen LogP contribution in [0.1, 0.15) is 32.3 Å². The highest BCUT2D eigenvalue weighted by molar-refractivity contribution is 5.82. The molecule has 21 heavy (non-hydrogen) atoms. The van der Waals surface area contributed by atoms with E-state index in [9.17, 15) is 4.79 Å². The van der Waals surface area contributed by atoms with Crippen LogP contribution in [0.4, 0.5) is 0 Å². The predicted molar refractivity (Wildman–Crippen MR) is 84.3 cm³/mol. The number of carbonyl (C=O) groups excluding carboxylic acids is 1. The zero-order valence-corrected chi connectivity index (χ0v) is 13.3. The molecule has 1 heterocycles. The largest absolute Gasteiger partial charge is 0.496 e. The van der Waals surface area contributed by atoms with Gasteiger partial charge in [-0.2, -0.15) is 0 Å². The lowest BCUT2D eigenvalue weighted by molar-refractivity contribution is -0.141. The highest BCUT2D eigenvalue weighted by Crippen LogP contribution is 2.30. The molecule has 0 spiro atoms. The molecule has 4 heteroatoms. The topological polar surface area (TPSA) is 55.6 Å². The Morgan fingerprint density at radius 3 is 2.81 bits per heavy atom. The Morgan fingerprint density at radius 1 is 1.43 bits per heavy atom. The number of hydrogen-bond donors (Lipinski definition) is 1. The SMILES string of the molecule is COc1ccccc1CC(C)(C)C(=O)N1CCCC(N)C1. The molecule has 0 bridgehead atoms. The van der Waals surface area contributed by atoms with Gasteiger partial charge in [-0.15, -0.1) is 0 Å². The molecule has 1 atom stereocenters. The molecule has 1 fully saturated rings. The Morgan fingerprint density at radius 2 is 2.14 bits per heavy atom. The molecular formula is C17H26N2O2. The number of methoxy groups -OCH3 is 1. The maximum absolute atomic E-state index is 12.8. The van der Waals surface area contributed by atoms with Crippen LogP contribution in [0.15, 0.2) is 24.3 Å². The summed E-state index contributed by atoms with van der Waals surface area (Å²) in [6, 6.07) is 8.00. The Bertz CT molecular complexity index is 499. The van der Waals surface area contributed by atoms with Crippen LogP contribution in [0.5, 0.6) is 5.75 Å². The molecule has 1 aromatic rings. The van der Waals surface area contributed by atoms with Gasteiger partial charge in [-0.05, 0) is 30.9 Å². The number of piperidine rings is 1. The van der Waals surface area contributed by atoms with Crippen LogP contribution < -0.4 is 10.5 Å². The molecule has 1 aromatic carbocycles. The van der Waals surface area contributed by atoms with Crippen LogP contribution in [0.25, 0.3) is 0 Å². The van der Waals surface area contributed by atoms with Gasteiger partial charge < -0.3 is 15.4 Å². The Kier molecular flexibility index (Phi) is 4.88. The Labute approximate surface area is 127 Å². The van der Waals surface area contributed by atoms with E-state index in [1.165, 1.54) is 0 Å². The van der Waals surface area contributed by atoms with Gasteiger partial charge in [0.25, 0.3) is 0 Å². The number of carbonyl (C=O) groups is 1. The first-order valence-corrected chi connectivity index (χ1v) is 7.61. The van der Waals surface area contributed by atoms with E-state index in [1.807, 2.05) is 43.0 Å². The summed E-state index contributed by atoms with van der Waals surface area (Å²) in [6.07, 6.45) is 2.68. The van der Waals surface area contributed by atoms with Gasteiger partial charge in [0.2, 0.25) is 5.91 Å². The third kappa shape index (κ3) is 3.76. The van der Waals surface area contributed by atoms with Crippen molar-refractivity contribution >= 4 is 5.91 Å². The van der Waals surface area contributed by atoms with Gasteiger partial charge in [0.05, 0.1) is 7.11 Å². The molecule has 0 aromatic heterocycles. The zero-order valence-electron chi connectivity index (χ0n) is 13.3. The minimum Gasteiger partial charge on any atom is -0.496 e. The van der Waals surface area contributed by atoms with E-state index in [0.717, 1.165) is 30.7 Å². The fraction of sp³-hybridized carbons (Fsp3) is 0.588. The summed E-state index contributed by atoms with van der Waals surface area (Å²) in [5, 5.41) is 0. The van der Waals surface area contributed by atoms with Crippen molar-refractivity contribution in [3.63, 3.8) is 0 Å². The fourth-order valence-corrected chi connectivity index (χ4v) is 3.02. The number of amides is 1. The summed E-state index contributed by atoms with van der Waals surface area (Å²) in [5.74, 6) is 1.03. The van der Waals surface area contributed by atoms with Crippen molar-refractivity contribution < 1.29 is 9.53 Å². The summed E-state index contributed by atoms with van der Waals surface area (Å²) < 4.78 is 5.39. The highest BCUT2D eigenvalue weighted by atomic mass is 16.5. The number of benzene rings is 1. The van der Waals surface area contributed by atoms with E-state index in [-0.39, 0.29) is 11.9 Å². The van der Waals surface area contributed by atoms with Crippen molar-refractivity contribution in [2.75, 3.05) is 20.2 Å². The lowest BCUT2D eigenvalue weighted by atomic mass is 9.83. The quantitative estimate of drug-likeness (QED) is 0.925. The maximum atomic E-state index is 12.8. The van der Waals surface area contributed by atoms with Gasteiger partial charge in [-0.3, -0.25) is 4.79 Å². The van der Waals surface area contributed by atoms with Crippen molar-refractivity contribution in [2.24, 2.45) is 11.1 Å². The fourth-order valence-electron chi connectivity index (χ4n) is 3.02. The van der Waals surface area contributed by atoms with E-state index in [1.54, 1.807) is 7.11 Å². The summed E-state index contributed by atoms with van der Waals surface area (Å²) in [5.41, 5.74) is 6.61. The van der Waals surface area contributed by atoms with Crippen molar-refractivity contribution in [1.29, 1.82) is 0 Å². The van der Waals surface area contributed by atoms with Crippen LogP contribution in [-0.2, 0) is 11.2 Å². The smallest absolute Gasteiger partial charge is 0.228 e. The summed E-state index contributed by atoms with van der Waals surface area (Å²) in [4.78, 5) is 14.7. The minimum atomic E-state index is -0.453. The number of rotatable bonds is 4. The first-order valence-electron chi connectivity index (χ1n) is 7.61. The number of ether oxygens (including phenoxy) is 1. The molecule has 1 amide bonds. The molecule has 0 saturated carbocycles. The molecule has 0 aliphatic carbocycles. The molecule has 1 aliphatic heterocycles. The normalized spacial score (nSPS) is 19.4. The van der Waals surface area contributed by atoms with Crippen molar-refractivity contribution in [3.05, 3.63) is 29.8 Å². The van der Waals surface area contributed by atoms with Crippen molar-refractivity contribution in [2.45, 2.75) is 39.2 Å². The molecule has 1 unspecified atom stereocenters. The Balaban J connectivity index is 2.11. The average Bonchev–Trinajstić information content (AvgIpc) is 2.46. The summed E-state index contributed by atoms with van der Waals surface area (Å²) >= 11 is 0. The number of para-hydroxylation sites is 1. The number of hydrogen-bond acceptors (Lipinski definition) is 3. The second-order valence-electron chi connectivity index (χ2n) is 6.53. The van der Waals surface area contributed by atoms with E-state index < -0.39 is 5.41 Å².